The van der Waals surface area contributed by atoms with Gasteiger partial charge in [0.15, 0.2) is 0 Å². The van der Waals surface area contributed by atoms with Crippen molar-refractivity contribution < 1.29 is 8.78 Å². The fraction of sp³-hybridized carbons (Fsp3) is 0.250. The second-order valence-corrected chi connectivity index (χ2v) is 10.3. The zero-order valence-electron chi connectivity index (χ0n) is 19.5. The Labute approximate surface area is 207 Å². The van der Waals surface area contributed by atoms with E-state index in [1.54, 1.807) is 29.5 Å². The molecule has 6 rings (SSSR count). The van der Waals surface area contributed by atoms with Gasteiger partial charge in [-0.15, -0.1) is 11.3 Å². The smallest absolute Gasteiger partial charge is 0.140 e. The van der Waals surface area contributed by atoms with Gasteiger partial charge in [-0.1, -0.05) is 30.3 Å². The fourth-order valence-electron chi connectivity index (χ4n) is 5.06. The van der Waals surface area contributed by atoms with Crippen LogP contribution in [0.3, 0.4) is 0 Å². The van der Waals surface area contributed by atoms with E-state index >= 15 is 0 Å². The van der Waals surface area contributed by atoms with Crippen LogP contribution in [0.2, 0.25) is 0 Å². The largest absolute Gasteiger partial charge is 0.353 e. The van der Waals surface area contributed by atoms with E-state index in [1.807, 2.05) is 12.1 Å². The predicted molar refractivity (Wildman–Crippen MR) is 140 cm³/mol. The zero-order chi connectivity index (χ0) is 23.9. The summed E-state index contributed by atoms with van der Waals surface area (Å²) in [4.78, 5) is 9.87. The van der Waals surface area contributed by atoms with Crippen LogP contribution in [0.15, 0.2) is 71.7 Å². The van der Waals surface area contributed by atoms with Crippen molar-refractivity contribution in [3.05, 3.63) is 89.5 Å². The number of halogens is 2. The van der Waals surface area contributed by atoms with Crippen molar-refractivity contribution in [2.24, 2.45) is 4.99 Å². The number of fused-ring (bicyclic) bond motifs is 4. The van der Waals surface area contributed by atoms with E-state index in [-0.39, 0.29) is 11.6 Å². The molecule has 0 radical (unpaired) electrons. The van der Waals surface area contributed by atoms with Gasteiger partial charge in [-0.05, 0) is 61.9 Å². The Morgan fingerprint density at radius 3 is 2.74 bits per heavy atom. The molecule has 0 unspecified atom stereocenters. The number of nitrogens with one attached hydrogen (secondary N) is 1. The highest BCUT2D eigenvalue weighted by molar-refractivity contribution is 7.23. The lowest BCUT2D eigenvalue weighted by Gasteiger charge is -2.41. The van der Waals surface area contributed by atoms with Crippen molar-refractivity contribution in [1.82, 2.24) is 9.80 Å². The molecule has 1 aromatic heterocycles. The molecular formula is C28H26F2N4S. The lowest BCUT2D eigenvalue weighted by molar-refractivity contribution is 0.134. The van der Waals surface area contributed by atoms with Crippen LogP contribution in [-0.4, -0.2) is 48.4 Å². The highest BCUT2D eigenvalue weighted by Crippen LogP contribution is 2.43. The average Bonchev–Trinajstić information content (AvgIpc) is 3.13. The van der Waals surface area contributed by atoms with Crippen LogP contribution in [0.5, 0.6) is 0 Å². The number of thiophene rings is 1. The number of rotatable bonds is 3. The van der Waals surface area contributed by atoms with Gasteiger partial charge < -0.3 is 10.2 Å². The number of hydrogen-bond donors (Lipinski definition) is 1. The van der Waals surface area contributed by atoms with E-state index in [1.165, 1.54) is 22.9 Å². The maximum Gasteiger partial charge on any atom is 0.140 e. The molecule has 4 aromatic rings. The molecule has 3 heterocycles. The monoisotopic (exact) mass is 488 g/mol. The molecule has 0 saturated carbocycles. The van der Waals surface area contributed by atoms with Gasteiger partial charge in [0.25, 0.3) is 0 Å². The van der Waals surface area contributed by atoms with Crippen molar-refractivity contribution in [2.75, 3.05) is 32.0 Å². The minimum Gasteiger partial charge on any atom is -0.353 e. The van der Waals surface area contributed by atoms with Crippen molar-refractivity contribution in [1.29, 1.82) is 0 Å². The molecule has 2 aliphatic rings. The van der Waals surface area contributed by atoms with E-state index in [2.05, 4.69) is 40.4 Å². The van der Waals surface area contributed by atoms with Gasteiger partial charge in [-0.25, -0.2) is 13.8 Å². The first-order chi connectivity index (χ1) is 17.0. The Morgan fingerprint density at radius 2 is 1.86 bits per heavy atom. The lowest BCUT2D eigenvalue weighted by atomic mass is 10.0. The lowest BCUT2D eigenvalue weighted by Crippen LogP contribution is -2.53. The SMILES string of the molecule is CN1CCN(C2=Nc3ccc(F)cc3Nc3sc4ccccc4c32)C[C@@H]1CCc1cccc(F)c1. The van der Waals surface area contributed by atoms with E-state index < -0.39 is 0 Å². The number of aryl methyl sites for hydroxylation is 1. The van der Waals surface area contributed by atoms with E-state index in [4.69, 9.17) is 4.99 Å². The minimum absolute atomic E-state index is 0.187. The molecule has 0 bridgehead atoms. The summed E-state index contributed by atoms with van der Waals surface area (Å²) >= 11 is 1.67. The quantitative estimate of drug-likeness (QED) is 0.354. The van der Waals surface area contributed by atoms with E-state index in [0.717, 1.165) is 65.5 Å². The zero-order valence-corrected chi connectivity index (χ0v) is 20.3. The van der Waals surface area contributed by atoms with Crippen LogP contribution >= 0.6 is 11.3 Å². The first-order valence-corrected chi connectivity index (χ1v) is 12.7. The molecule has 35 heavy (non-hydrogen) atoms. The van der Waals surface area contributed by atoms with E-state index in [0.29, 0.717) is 11.7 Å². The van der Waals surface area contributed by atoms with Crippen LogP contribution in [0, 0.1) is 11.6 Å². The number of hydrogen-bond acceptors (Lipinski definition) is 5. The van der Waals surface area contributed by atoms with Gasteiger partial charge in [-0.2, -0.15) is 0 Å². The average molecular weight is 489 g/mol. The number of piperazine rings is 1. The summed E-state index contributed by atoms with van der Waals surface area (Å²) in [5, 5.41) is 5.61. The summed E-state index contributed by atoms with van der Waals surface area (Å²) < 4.78 is 28.9. The Morgan fingerprint density at radius 1 is 1.00 bits per heavy atom. The highest BCUT2D eigenvalue weighted by atomic mass is 32.1. The second-order valence-electron chi connectivity index (χ2n) is 9.27. The minimum atomic E-state index is -0.283. The summed E-state index contributed by atoms with van der Waals surface area (Å²) in [6, 6.07) is 20.3. The van der Waals surface area contributed by atoms with E-state index in [9.17, 15) is 8.78 Å². The highest BCUT2D eigenvalue weighted by Gasteiger charge is 2.31. The van der Waals surface area contributed by atoms with Crippen molar-refractivity contribution in [3.8, 4) is 0 Å². The third-order valence-electron chi connectivity index (χ3n) is 6.98. The normalized spacial score (nSPS) is 18.0. The third kappa shape index (κ3) is 4.30. The molecule has 3 aromatic carbocycles. The van der Waals surface area contributed by atoms with Gasteiger partial charge >= 0.3 is 0 Å². The van der Waals surface area contributed by atoms with Gasteiger partial charge in [-0.3, -0.25) is 4.90 Å². The maximum atomic E-state index is 14.1. The molecule has 178 valence electrons. The Hall–Kier alpha value is -3.29. The van der Waals surface area contributed by atoms with Crippen molar-refractivity contribution in [3.63, 3.8) is 0 Å². The van der Waals surface area contributed by atoms with Crippen LogP contribution < -0.4 is 5.32 Å². The topological polar surface area (TPSA) is 30.9 Å². The molecule has 0 aliphatic carbocycles. The second kappa shape index (κ2) is 9.06. The molecule has 1 atom stereocenters. The standard InChI is InChI=1S/C28H26F2N4S/c1-33-13-14-34(17-21(33)11-9-18-5-4-6-19(29)15-18)27-26-22-7-2-3-8-25(22)35-28(26)32-24-16-20(30)10-12-23(24)31-27/h2-8,10,12,15-16,21,32H,9,11,13-14,17H2,1H3/t21-/m0/s1. The molecule has 4 nitrogen and oxygen atoms in total. The maximum absolute atomic E-state index is 14.1. The van der Waals surface area contributed by atoms with Gasteiger partial charge in [0, 0.05) is 35.8 Å². The van der Waals surface area contributed by atoms with Crippen LogP contribution in [-0.2, 0) is 6.42 Å². The number of likely N-dealkylation sites (N-methyl/N-ethyl adjacent to an activating group) is 1. The Kier molecular flexibility index (Phi) is 5.74. The molecule has 1 N–H and O–H groups in total. The Bertz CT molecular complexity index is 1430. The first-order valence-electron chi connectivity index (χ1n) is 11.9. The van der Waals surface area contributed by atoms with Gasteiger partial charge in [0.05, 0.1) is 16.9 Å². The third-order valence-corrected chi connectivity index (χ3v) is 8.07. The number of amidine groups is 1. The molecular weight excluding hydrogens is 462 g/mol. The van der Waals surface area contributed by atoms with Gasteiger partial charge in [0.1, 0.15) is 22.5 Å². The molecule has 2 aliphatic heterocycles. The molecule has 1 saturated heterocycles. The molecule has 1 fully saturated rings. The van der Waals surface area contributed by atoms with Crippen molar-refractivity contribution >= 4 is 43.6 Å². The predicted octanol–water partition coefficient (Wildman–Crippen LogP) is 6.56. The molecule has 0 amide bonds. The number of aliphatic imine (C=N–C) groups is 1. The first kappa shape index (κ1) is 22.2. The Balaban J connectivity index is 1.36. The summed E-state index contributed by atoms with van der Waals surface area (Å²) in [5.41, 5.74) is 3.53. The van der Waals surface area contributed by atoms with Crippen LogP contribution in [0.4, 0.5) is 25.2 Å². The molecule has 0 spiro atoms. The molecule has 7 heteroatoms. The number of benzene rings is 3. The summed E-state index contributed by atoms with van der Waals surface area (Å²) in [6.07, 6.45) is 1.75. The van der Waals surface area contributed by atoms with Crippen molar-refractivity contribution in [2.45, 2.75) is 18.9 Å². The van der Waals surface area contributed by atoms with Gasteiger partial charge in [0.2, 0.25) is 0 Å². The summed E-state index contributed by atoms with van der Waals surface area (Å²) in [5.74, 6) is 0.460. The summed E-state index contributed by atoms with van der Waals surface area (Å²) in [7, 11) is 2.16. The van der Waals surface area contributed by atoms with Crippen LogP contribution in [0.25, 0.3) is 10.1 Å². The fourth-order valence-corrected chi connectivity index (χ4v) is 6.17. The number of anilines is 2. The van der Waals surface area contributed by atoms with Crippen LogP contribution in [0.1, 0.15) is 17.5 Å². The summed E-state index contributed by atoms with van der Waals surface area (Å²) in [6.45, 7) is 2.59. The number of nitrogens with zero attached hydrogens (tertiary/aromatic N) is 3.